The lowest BCUT2D eigenvalue weighted by Crippen LogP contribution is -2.45. The minimum absolute atomic E-state index is 0.330. The molecule has 2 rings (SSSR count). The van der Waals surface area contributed by atoms with Gasteiger partial charge >= 0.3 is 6.03 Å². The van der Waals surface area contributed by atoms with Gasteiger partial charge in [0, 0.05) is 31.3 Å². The van der Waals surface area contributed by atoms with Crippen molar-refractivity contribution in [1.29, 1.82) is 0 Å². The molecule has 0 saturated carbocycles. The van der Waals surface area contributed by atoms with Gasteiger partial charge in [-0.25, -0.2) is 10.3 Å². The molecular formula is C24H30N4O4. The number of nitrogens with zero attached hydrogens (tertiary/aromatic N) is 2. The van der Waals surface area contributed by atoms with Gasteiger partial charge in [-0.3, -0.25) is 20.1 Å². The maximum atomic E-state index is 12.9. The Morgan fingerprint density at radius 1 is 0.938 bits per heavy atom. The van der Waals surface area contributed by atoms with E-state index in [4.69, 9.17) is 5.21 Å². The highest BCUT2D eigenvalue weighted by molar-refractivity contribution is 6.04. The highest BCUT2D eigenvalue weighted by Gasteiger charge is 2.18. The van der Waals surface area contributed by atoms with E-state index in [0.717, 1.165) is 24.2 Å². The van der Waals surface area contributed by atoms with E-state index in [-0.39, 0.29) is 0 Å². The van der Waals surface area contributed by atoms with Crippen molar-refractivity contribution in [2.24, 2.45) is 0 Å². The molecular weight excluding hydrogens is 408 g/mol. The molecule has 0 bridgehead atoms. The second-order valence-corrected chi connectivity index (χ2v) is 7.12. The first kappa shape index (κ1) is 24.8. The molecule has 8 nitrogen and oxygen atoms in total. The summed E-state index contributed by atoms with van der Waals surface area (Å²) in [6.07, 6.45) is 2.78. The van der Waals surface area contributed by atoms with E-state index in [1.807, 2.05) is 30.3 Å². The van der Waals surface area contributed by atoms with Crippen molar-refractivity contribution in [2.45, 2.75) is 20.4 Å². The first-order valence-electron chi connectivity index (χ1n) is 10.6. The number of imide groups is 1. The number of benzene rings is 2. The maximum Gasteiger partial charge on any atom is 0.324 e. The molecule has 0 spiro atoms. The van der Waals surface area contributed by atoms with E-state index in [1.165, 1.54) is 11.6 Å². The Morgan fingerprint density at radius 2 is 1.59 bits per heavy atom. The lowest BCUT2D eigenvalue weighted by Gasteiger charge is -2.26. The summed E-state index contributed by atoms with van der Waals surface area (Å²) in [5, 5.41) is 11.0. The van der Waals surface area contributed by atoms with Crippen molar-refractivity contribution < 1.29 is 19.6 Å². The molecule has 8 heteroatoms. The van der Waals surface area contributed by atoms with Gasteiger partial charge in [-0.2, -0.15) is 0 Å². The molecule has 0 unspecified atom stereocenters. The minimum Gasteiger partial charge on any atom is -0.319 e. The lowest BCUT2D eigenvalue weighted by molar-refractivity contribution is -0.124. The zero-order chi connectivity index (χ0) is 23.3. The number of nitrogens with one attached hydrogen (secondary N) is 2. The van der Waals surface area contributed by atoms with Crippen LogP contribution in [0.4, 0.5) is 4.79 Å². The molecule has 32 heavy (non-hydrogen) atoms. The highest BCUT2D eigenvalue weighted by Crippen LogP contribution is 2.10. The van der Waals surface area contributed by atoms with Crippen LogP contribution in [0.3, 0.4) is 0 Å². The molecule has 3 N–H and O–H groups in total. The van der Waals surface area contributed by atoms with Gasteiger partial charge in [0.15, 0.2) is 0 Å². The minimum atomic E-state index is -0.614. The number of carbonyl (C=O) groups is 3. The number of amides is 4. The average Bonchev–Trinajstić information content (AvgIpc) is 2.83. The van der Waals surface area contributed by atoms with Crippen LogP contribution in [0.5, 0.6) is 0 Å². The third kappa shape index (κ3) is 7.98. The molecule has 2 aromatic carbocycles. The fourth-order valence-electron chi connectivity index (χ4n) is 3.06. The Morgan fingerprint density at radius 3 is 2.19 bits per heavy atom. The zero-order valence-corrected chi connectivity index (χ0v) is 18.5. The quantitative estimate of drug-likeness (QED) is 0.301. The molecule has 2 aromatic rings. The van der Waals surface area contributed by atoms with Gasteiger partial charge in [0.1, 0.15) is 0 Å². The van der Waals surface area contributed by atoms with E-state index >= 15 is 0 Å². The van der Waals surface area contributed by atoms with Crippen LogP contribution in [0.2, 0.25) is 0 Å². The predicted octanol–water partition coefficient (Wildman–Crippen LogP) is 2.90. The molecule has 0 aromatic heterocycles. The van der Waals surface area contributed by atoms with Gasteiger partial charge in [-0.05, 0) is 42.4 Å². The number of hydrogen-bond acceptors (Lipinski definition) is 5. The second-order valence-electron chi connectivity index (χ2n) is 7.12. The first-order valence-corrected chi connectivity index (χ1v) is 10.6. The third-order valence-corrected chi connectivity index (χ3v) is 5.01. The van der Waals surface area contributed by atoms with E-state index in [2.05, 4.69) is 24.1 Å². The van der Waals surface area contributed by atoms with Gasteiger partial charge in [-0.1, -0.05) is 56.3 Å². The van der Waals surface area contributed by atoms with E-state index in [0.29, 0.717) is 25.2 Å². The highest BCUT2D eigenvalue weighted by atomic mass is 16.5. The molecule has 0 aliphatic carbocycles. The third-order valence-electron chi connectivity index (χ3n) is 5.01. The Labute approximate surface area is 188 Å². The van der Waals surface area contributed by atoms with Crippen LogP contribution in [-0.4, -0.2) is 59.0 Å². The Bertz CT molecular complexity index is 909. The van der Waals surface area contributed by atoms with Crippen LogP contribution >= 0.6 is 0 Å². The zero-order valence-electron chi connectivity index (χ0n) is 18.5. The molecule has 0 saturated heterocycles. The SMILES string of the molecule is CCN(CC)CCN(Cc1ccc(C=CC(=O)NO)cc1)C(=O)NC(=O)c1ccccc1. The van der Waals surface area contributed by atoms with Crippen LogP contribution in [-0.2, 0) is 11.3 Å². The summed E-state index contributed by atoms with van der Waals surface area (Å²) >= 11 is 0. The summed E-state index contributed by atoms with van der Waals surface area (Å²) in [5.74, 6) is -1.05. The second kappa shape index (κ2) is 13.0. The summed E-state index contributed by atoms with van der Waals surface area (Å²) in [5.41, 5.74) is 3.62. The fourth-order valence-corrected chi connectivity index (χ4v) is 3.06. The Kier molecular flexibility index (Phi) is 10.1. The van der Waals surface area contributed by atoms with Crippen LogP contribution in [0.25, 0.3) is 6.08 Å². The van der Waals surface area contributed by atoms with Crippen molar-refractivity contribution in [3.63, 3.8) is 0 Å². The Balaban J connectivity index is 2.10. The van der Waals surface area contributed by atoms with Gasteiger partial charge in [0.25, 0.3) is 11.8 Å². The molecule has 0 heterocycles. The van der Waals surface area contributed by atoms with Crippen LogP contribution in [0.15, 0.2) is 60.7 Å². The summed E-state index contributed by atoms with van der Waals surface area (Å²) in [6, 6.07) is 15.5. The monoisotopic (exact) mass is 438 g/mol. The number of urea groups is 1. The molecule has 0 aliphatic rings. The van der Waals surface area contributed by atoms with E-state index < -0.39 is 17.8 Å². The average molecular weight is 439 g/mol. The molecule has 0 radical (unpaired) electrons. The van der Waals surface area contributed by atoms with Crippen LogP contribution in [0, 0.1) is 0 Å². The largest absolute Gasteiger partial charge is 0.324 e. The number of hydroxylamine groups is 1. The standard InChI is InChI=1S/C24H30N4O4/c1-3-27(4-2)16-17-28(24(31)25-23(30)21-8-6-5-7-9-21)18-20-12-10-19(11-13-20)14-15-22(29)26-32/h5-15,32H,3-4,16-18H2,1-2H3,(H,26,29)(H,25,30,31). The van der Waals surface area contributed by atoms with Gasteiger partial charge in [0.05, 0.1) is 0 Å². The van der Waals surface area contributed by atoms with E-state index in [1.54, 1.807) is 35.2 Å². The van der Waals surface area contributed by atoms with E-state index in [9.17, 15) is 14.4 Å². The topological polar surface area (TPSA) is 102 Å². The van der Waals surface area contributed by atoms with Crippen molar-refractivity contribution in [3.8, 4) is 0 Å². The Hall–Kier alpha value is -3.49. The van der Waals surface area contributed by atoms with Gasteiger partial charge in [0.2, 0.25) is 0 Å². The summed E-state index contributed by atoms with van der Waals surface area (Å²) in [6.45, 7) is 7.36. The van der Waals surface area contributed by atoms with Gasteiger partial charge in [-0.15, -0.1) is 0 Å². The van der Waals surface area contributed by atoms with Crippen molar-refractivity contribution >= 4 is 23.9 Å². The van der Waals surface area contributed by atoms with Crippen molar-refractivity contribution in [2.75, 3.05) is 26.2 Å². The number of rotatable bonds is 10. The summed E-state index contributed by atoms with van der Waals surface area (Å²) < 4.78 is 0. The first-order chi connectivity index (χ1) is 15.5. The molecule has 0 fully saturated rings. The molecule has 0 atom stereocenters. The number of likely N-dealkylation sites (N-methyl/N-ethyl adjacent to an activating group) is 1. The number of hydrogen-bond donors (Lipinski definition) is 3. The maximum absolute atomic E-state index is 12.9. The van der Waals surface area contributed by atoms with Crippen LogP contribution < -0.4 is 10.8 Å². The smallest absolute Gasteiger partial charge is 0.319 e. The summed E-state index contributed by atoms with van der Waals surface area (Å²) in [7, 11) is 0. The molecule has 0 aliphatic heterocycles. The number of carbonyl (C=O) groups excluding carboxylic acids is 3. The normalized spacial score (nSPS) is 10.9. The lowest BCUT2D eigenvalue weighted by atomic mass is 10.1. The van der Waals surface area contributed by atoms with Crippen molar-refractivity contribution in [1.82, 2.24) is 20.6 Å². The molecule has 4 amide bonds. The fraction of sp³-hybridized carbons (Fsp3) is 0.292. The van der Waals surface area contributed by atoms with Gasteiger partial charge < -0.3 is 9.80 Å². The van der Waals surface area contributed by atoms with Crippen molar-refractivity contribution in [3.05, 3.63) is 77.4 Å². The molecule has 170 valence electrons. The summed E-state index contributed by atoms with van der Waals surface area (Å²) in [4.78, 5) is 40.3. The predicted molar refractivity (Wildman–Crippen MR) is 123 cm³/mol. The van der Waals surface area contributed by atoms with Crippen LogP contribution in [0.1, 0.15) is 35.3 Å².